The van der Waals surface area contributed by atoms with Crippen molar-refractivity contribution in [2.24, 2.45) is 0 Å². The highest BCUT2D eigenvalue weighted by atomic mass is 32.2. The zero-order valence-corrected chi connectivity index (χ0v) is 16.6. The number of amides is 2. The summed E-state index contributed by atoms with van der Waals surface area (Å²) in [6.45, 7) is 1.40. The number of nitrogens with one attached hydrogen (secondary N) is 1. The fourth-order valence-corrected chi connectivity index (χ4v) is 3.12. The zero-order chi connectivity index (χ0) is 20.7. The summed E-state index contributed by atoms with van der Waals surface area (Å²) in [6.07, 6.45) is -1.13. The Kier molecular flexibility index (Phi) is 7.57. The minimum Gasteiger partial charge on any atom is -0.449 e. The molecule has 0 aliphatic rings. The lowest BCUT2D eigenvalue weighted by molar-refractivity contribution is -0.126. The molecule has 1 N–H and O–H groups in total. The summed E-state index contributed by atoms with van der Waals surface area (Å²) in [5.74, 6) is -1.85. The first-order chi connectivity index (χ1) is 13.3. The van der Waals surface area contributed by atoms with Gasteiger partial charge in [0.2, 0.25) is 5.91 Å². The Morgan fingerprint density at radius 1 is 1.11 bits per heavy atom. The quantitative estimate of drug-likeness (QED) is 0.567. The van der Waals surface area contributed by atoms with Crippen molar-refractivity contribution in [2.45, 2.75) is 17.9 Å². The summed E-state index contributed by atoms with van der Waals surface area (Å²) in [6, 6.07) is 12.4. The Labute approximate surface area is 167 Å². The van der Waals surface area contributed by atoms with E-state index in [1.165, 1.54) is 41.8 Å². The molecule has 0 saturated heterocycles. The molecule has 0 unspecified atom stereocenters. The van der Waals surface area contributed by atoms with Gasteiger partial charge in [-0.2, -0.15) is 0 Å². The average Bonchev–Trinajstić information content (AvgIpc) is 2.67. The molecule has 0 aliphatic heterocycles. The first kappa shape index (κ1) is 21.4. The molecule has 28 heavy (non-hydrogen) atoms. The number of carbonyl (C=O) groups is 3. The summed E-state index contributed by atoms with van der Waals surface area (Å²) in [5.41, 5.74) is 0.262. The molecule has 0 radical (unpaired) electrons. The molecule has 8 heteroatoms. The van der Waals surface area contributed by atoms with Crippen molar-refractivity contribution in [3.05, 3.63) is 59.9 Å². The third-order valence-electron chi connectivity index (χ3n) is 3.74. The Morgan fingerprint density at radius 3 is 2.43 bits per heavy atom. The van der Waals surface area contributed by atoms with Gasteiger partial charge in [-0.1, -0.05) is 24.3 Å². The molecule has 0 aliphatic carbocycles. The van der Waals surface area contributed by atoms with Crippen molar-refractivity contribution >= 4 is 35.2 Å². The monoisotopic (exact) mass is 404 g/mol. The highest BCUT2D eigenvalue weighted by molar-refractivity contribution is 8.00. The van der Waals surface area contributed by atoms with Gasteiger partial charge in [0.1, 0.15) is 5.82 Å². The standard InChI is InChI=1S/C20H21FN2O4S/c1-13(19(25)22-16-10-6-5-9-15(16)21)27-20(26)14-8-4-7-11-17(14)28-12-18(24)23(2)3/h4-11,13H,12H2,1-3H3,(H,22,25)/t13-/m0/s1. The molecule has 0 fully saturated rings. The number of benzene rings is 2. The molecule has 2 aromatic carbocycles. The topological polar surface area (TPSA) is 75.7 Å². The third-order valence-corrected chi connectivity index (χ3v) is 4.80. The molecule has 0 saturated carbocycles. The van der Waals surface area contributed by atoms with E-state index in [1.54, 1.807) is 44.4 Å². The van der Waals surface area contributed by atoms with Crippen molar-refractivity contribution in [3.63, 3.8) is 0 Å². The molecule has 2 amide bonds. The maximum atomic E-state index is 13.6. The molecule has 0 spiro atoms. The fraction of sp³-hybridized carbons (Fsp3) is 0.250. The van der Waals surface area contributed by atoms with E-state index in [2.05, 4.69) is 5.32 Å². The third kappa shape index (κ3) is 5.82. The van der Waals surface area contributed by atoms with Crippen LogP contribution in [0.5, 0.6) is 0 Å². The van der Waals surface area contributed by atoms with Gasteiger partial charge in [-0.15, -0.1) is 11.8 Å². The van der Waals surface area contributed by atoms with Crippen LogP contribution in [0.1, 0.15) is 17.3 Å². The highest BCUT2D eigenvalue weighted by Crippen LogP contribution is 2.24. The number of anilines is 1. The van der Waals surface area contributed by atoms with Gasteiger partial charge in [-0.05, 0) is 31.2 Å². The molecular weight excluding hydrogens is 383 g/mol. The van der Waals surface area contributed by atoms with Crippen LogP contribution in [0.3, 0.4) is 0 Å². The normalized spacial score (nSPS) is 11.4. The fourth-order valence-electron chi connectivity index (χ4n) is 2.10. The van der Waals surface area contributed by atoms with Gasteiger partial charge in [0.15, 0.2) is 6.10 Å². The largest absolute Gasteiger partial charge is 0.449 e. The van der Waals surface area contributed by atoms with Crippen LogP contribution < -0.4 is 5.32 Å². The maximum Gasteiger partial charge on any atom is 0.340 e. The number of carbonyl (C=O) groups excluding carboxylic acids is 3. The second-order valence-electron chi connectivity index (χ2n) is 6.09. The molecular formula is C20H21FN2O4S. The van der Waals surface area contributed by atoms with Gasteiger partial charge < -0.3 is 15.0 Å². The van der Waals surface area contributed by atoms with E-state index >= 15 is 0 Å². The van der Waals surface area contributed by atoms with E-state index in [0.29, 0.717) is 4.90 Å². The minimum atomic E-state index is -1.13. The van der Waals surface area contributed by atoms with Crippen LogP contribution in [0.2, 0.25) is 0 Å². The molecule has 6 nitrogen and oxygen atoms in total. The number of thioether (sulfide) groups is 1. The predicted molar refractivity (Wildman–Crippen MR) is 106 cm³/mol. The minimum absolute atomic E-state index is 0.00792. The number of ether oxygens (including phenoxy) is 1. The number of para-hydroxylation sites is 1. The van der Waals surface area contributed by atoms with Crippen molar-refractivity contribution in [1.82, 2.24) is 4.90 Å². The zero-order valence-electron chi connectivity index (χ0n) is 15.8. The smallest absolute Gasteiger partial charge is 0.340 e. The van der Waals surface area contributed by atoms with Crippen molar-refractivity contribution < 1.29 is 23.5 Å². The molecule has 0 bridgehead atoms. The van der Waals surface area contributed by atoms with Crippen LogP contribution in [0.15, 0.2) is 53.4 Å². The molecule has 2 rings (SSSR count). The summed E-state index contributed by atoms with van der Waals surface area (Å²) < 4.78 is 18.9. The number of hydrogen-bond acceptors (Lipinski definition) is 5. The molecule has 2 aromatic rings. The van der Waals surface area contributed by atoms with E-state index in [4.69, 9.17) is 4.74 Å². The van der Waals surface area contributed by atoms with E-state index in [9.17, 15) is 18.8 Å². The first-order valence-electron chi connectivity index (χ1n) is 8.48. The van der Waals surface area contributed by atoms with Crippen LogP contribution in [-0.2, 0) is 14.3 Å². The number of halogens is 1. The van der Waals surface area contributed by atoms with E-state index in [1.807, 2.05) is 0 Å². The van der Waals surface area contributed by atoms with E-state index in [-0.39, 0.29) is 22.9 Å². The van der Waals surface area contributed by atoms with Gasteiger partial charge in [0, 0.05) is 19.0 Å². The molecule has 1 atom stereocenters. The number of rotatable bonds is 7. The Hall–Kier alpha value is -2.87. The molecule has 0 heterocycles. The highest BCUT2D eigenvalue weighted by Gasteiger charge is 2.22. The summed E-state index contributed by atoms with van der Waals surface area (Å²) >= 11 is 1.21. The van der Waals surface area contributed by atoms with Crippen molar-refractivity contribution in [3.8, 4) is 0 Å². The lowest BCUT2D eigenvalue weighted by atomic mass is 10.2. The Bertz CT molecular complexity index is 873. The van der Waals surface area contributed by atoms with Gasteiger partial charge in [0.05, 0.1) is 17.0 Å². The average molecular weight is 404 g/mol. The van der Waals surface area contributed by atoms with Crippen LogP contribution in [0, 0.1) is 5.82 Å². The first-order valence-corrected chi connectivity index (χ1v) is 9.46. The number of hydrogen-bond donors (Lipinski definition) is 1. The second kappa shape index (κ2) is 9.89. The number of nitrogens with zero attached hydrogens (tertiary/aromatic N) is 1. The summed E-state index contributed by atoms with van der Waals surface area (Å²) in [4.78, 5) is 38.5. The summed E-state index contributed by atoms with van der Waals surface area (Å²) in [5, 5.41) is 2.39. The Morgan fingerprint density at radius 2 is 1.75 bits per heavy atom. The Balaban J connectivity index is 2.03. The van der Waals surface area contributed by atoms with E-state index in [0.717, 1.165) is 0 Å². The van der Waals surface area contributed by atoms with Crippen LogP contribution in [0.4, 0.5) is 10.1 Å². The van der Waals surface area contributed by atoms with Crippen LogP contribution in [0.25, 0.3) is 0 Å². The molecule has 148 valence electrons. The lowest BCUT2D eigenvalue weighted by Gasteiger charge is -2.15. The van der Waals surface area contributed by atoms with Gasteiger partial charge in [0.25, 0.3) is 5.91 Å². The number of esters is 1. The van der Waals surface area contributed by atoms with Crippen LogP contribution >= 0.6 is 11.8 Å². The lowest BCUT2D eigenvalue weighted by Crippen LogP contribution is -2.30. The van der Waals surface area contributed by atoms with Crippen molar-refractivity contribution in [2.75, 3.05) is 25.2 Å². The van der Waals surface area contributed by atoms with E-state index < -0.39 is 23.8 Å². The van der Waals surface area contributed by atoms with Crippen molar-refractivity contribution in [1.29, 1.82) is 0 Å². The van der Waals surface area contributed by atoms with Crippen LogP contribution in [-0.4, -0.2) is 48.6 Å². The summed E-state index contributed by atoms with van der Waals surface area (Å²) in [7, 11) is 3.30. The second-order valence-corrected chi connectivity index (χ2v) is 7.11. The van der Waals surface area contributed by atoms with Gasteiger partial charge in [-0.3, -0.25) is 9.59 Å². The molecule has 0 aromatic heterocycles. The predicted octanol–water partition coefficient (Wildman–Crippen LogP) is 3.19. The SMILES string of the molecule is C[C@H](OC(=O)c1ccccc1SCC(=O)N(C)C)C(=O)Nc1ccccc1F. The van der Waals surface area contributed by atoms with Gasteiger partial charge in [-0.25, -0.2) is 9.18 Å². The van der Waals surface area contributed by atoms with Gasteiger partial charge >= 0.3 is 5.97 Å². The maximum absolute atomic E-state index is 13.6.